The molecule has 0 atom stereocenters. The lowest BCUT2D eigenvalue weighted by Crippen LogP contribution is -2.02. The molecule has 0 unspecified atom stereocenters. The molecule has 0 saturated heterocycles. The Labute approximate surface area is 344 Å². The molecule has 0 aliphatic heterocycles. The standard InChI is InChI=1S/C46H72Br2O2S2/c1-5-9-13-17-19-21-23-27-31-49-41-35-40(44-34-38(46(48)52-44)30-26-16-12-8-4)42(50-32-28-24-22-20-18-14-10-6-2)36-39(41)43-33-37(45(47)51-43)29-25-15-11-7-3/h33-36H,5-32H2,1-4H3. The summed E-state index contributed by atoms with van der Waals surface area (Å²) in [6.07, 6.45) is 33.3. The first-order valence-electron chi connectivity index (χ1n) is 21.5. The summed E-state index contributed by atoms with van der Waals surface area (Å²) in [4.78, 5) is 2.55. The lowest BCUT2D eigenvalue weighted by Gasteiger charge is -2.17. The number of hydrogen-bond acceptors (Lipinski definition) is 4. The van der Waals surface area contributed by atoms with Crippen molar-refractivity contribution in [2.24, 2.45) is 0 Å². The molecule has 0 saturated carbocycles. The zero-order valence-electron chi connectivity index (χ0n) is 33.5. The van der Waals surface area contributed by atoms with Crippen LogP contribution < -0.4 is 9.47 Å². The minimum absolute atomic E-state index is 0.757. The summed E-state index contributed by atoms with van der Waals surface area (Å²) in [6, 6.07) is 9.46. The second-order valence-electron chi connectivity index (χ2n) is 14.9. The topological polar surface area (TPSA) is 18.5 Å². The maximum Gasteiger partial charge on any atom is 0.128 e. The van der Waals surface area contributed by atoms with Crippen molar-refractivity contribution >= 4 is 54.5 Å². The van der Waals surface area contributed by atoms with Crippen molar-refractivity contribution in [3.63, 3.8) is 0 Å². The Morgan fingerprint density at radius 1 is 0.404 bits per heavy atom. The van der Waals surface area contributed by atoms with Gasteiger partial charge in [-0.1, -0.05) is 156 Å². The van der Waals surface area contributed by atoms with Gasteiger partial charge in [-0.2, -0.15) is 0 Å². The Morgan fingerprint density at radius 2 is 0.712 bits per heavy atom. The number of halogens is 2. The molecule has 0 spiro atoms. The zero-order chi connectivity index (χ0) is 37.2. The maximum atomic E-state index is 6.77. The summed E-state index contributed by atoms with van der Waals surface area (Å²) in [5, 5.41) is 0. The van der Waals surface area contributed by atoms with Crippen molar-refractivity contribution < 1.29 is 9.47 Å². The third-order valence-corrected chi connectivity index (χ3v) is 14.2. The first-order valence-corrected chi connectivity index (χ1v) is 24.7. The van der Waals surface area contributed by atoms with Crippen LogP contribution >= 0.6 is 54.5 Å². The predicted molar refractivity (Wildman–Crippen MR) is 240 cm³/mol. The van der Waals surface area contributed by atoms with Crippen LogP contribution in [0.2, 0.25) is 0 Å². The van der Waals surface area contributed by atoms with Crippen molar-refractivity contribution in [1.82, 2.24) is 0 Å². The number of aryl methyl sites for hydroxylation is 2. The van der Waals surface area contributed by atoms with Gasteiger partial charge in [0.25, 0.3) is 0 Å². The average Bonchev–Trinajstić information content (AvgIpc) is 3.71. The van der Waals surface area contributed by atoms with E-state index in [1.165, 1.54) is 181 Å². The highest BCUT2D eigenvalue weighted by Gasteiger charge is 2.20. The van der Waals surface area contributed by atoms with E-state index in [1.807, 2.05) is 22.7 Å². The van der Waals surface area contributed by atoms with Crippen LogP contribution in [-0.2, 0) is 12.8 Å². The smallest absolute Gasteiger partial charge is 0.128 e. The molecule has 0 fully saturated rings. The van der Waals surface area contributed by atoms with E-state index in [4.69, 9.17) is 9.47 Å². The normalized spacial score (nSPS) is 11.5. The van der Waals surface area contributed by atoms with Gasteiger partial charge in [-0.15, -0.1) is 22.7 Å². The Hall–Kier alpha value is -0.820. The quantitative estimate of drug-likeness (QED) is 0.0582. The van der Waals surface area contributed by atoms with Gasteiger partial charge in [0.05, 0.1) is 20.8 Å². The number of ether oxygens (including phenoxy) is 2. The molecular formula is C46H72Br2O2S2. The van der Waals surface area contributed by atoms with E-state index in [-0.39, 0.29) is 0 Å². The zero-order valence-corrected chi connectivity index (χ0v) is 38.3. The van der Waals surface area contributed by atoms with Crippen LogP contribution in [0.5, 0.6) is 11.5 Å². The van der Waals surface area contributed by atoms with Gasteiger partial charge in [-0.25, -0.2) is 0 Å². The lowest BCUT2D eigenvalue weighted by atomic mass is 10.0. The predicted octanol–water partition coefficient (Wildman–Crippen LogP) is 18.0. The molecule has 0 radical (unpaired) electrons. The van der Waals surface area contributed by atoms with E-state index < -0.39 is 0 Å². The van der Waals surface area contributed by atoms with Gasteiger partial charge < -0.3 is 9.47 Å². The average molecular weight is 881 g/mol. The van der Waals surface area contributed by atoms with Gasteiger partial charge in [-0.3, -0.25) is 0 Å². The van der Waals surface area contributed by atoms with E-state index in [0.717, 1.165) is 50.4 Å². The Balaban J connectivity index is 1.87. The minimum atomic E-state index is 0.757. The van der Waals surface area contributed by atoms with E-state index >= 15 is 0 Å². The molecule has 52 heavy (non-hydrogen) atoms. The number of rotatable bonds is 32. The summed E-state index contributed by atoms with van der Waals surface area (Å²) in [6.45, 7) is 10.7. The number of unbranched alkanes of at least 4 members (excludes halogenated alkanes) is 20. The van der Waals surface area contributed by atoms with Crippen LogP contribution in [0.25, 0.3) is 20.9 Å². The summed E-state index contributed by atoms with van der Waals surface area (Å²) in [5.41, 5.74) is 5.20. The van der Waals surface area contributed by atoms with E-state index in [1.54, 1.807) is 0 Å². The van der Waals surface area contributed by atoms with Crippen LogP contribution in [0.3, 0.4) is 0 Å². The fourth-order valence-electron chi connectivity index (χ4n) is 6.92. The first-order chi connectivity index (χ1) is 25.5. The van der Waals surface area contributed by atoms with Crippen molar-refractivity contribution in [2.45, 2.75) is 195 Å². The molecule has 0 aliphatic rings. The second kappa shape index (κ2) is 28.6. The lowest BCUT2D eigenvalue weighted by molar-refractivity contribution is 0.298. The molecule has 3 aromatic rings. The van der Waals surface area contributed by atoms with Crippen LogP contribution in [0.4, 0.5) is 0 Å². The molecule has 0 bridgehead atoms. The molecule has 2 heterocycles. The van der Waals surface area contributed by atoms with Crippen molar-refractivity contribution in [1.29, 1.82) is 0 Å². The number of benzene rings is 1. The highest BCUT2D eigenvalue weighted by molar-refractivity contribution is 9.11. The Morgan fingerprint density at radius 3 is 1.06 bits per heavy atom. The Kier molecular flexibility index (Phi) is 25.0. The highest BCUT2D eigenvalue weighted by Crippen LogP contribution is 2.48. The van der Waals surface area contributed by atoms with Crippen LogP contribution in [0, 0.1) is 0 Å². The third kappa shape index (κ3) is 17.3. The van der Waals surface area contributed by atoms with Gasteiger partial charge in [-0.05, 0) is 106 Å². The van der Waals surface area contributed by atoms with Gasteiger partial charge in [0.2, 0.25) is 0 Å². The SMILES string of the molecule is CCCCCCCCCCOc1cc(-c2cc(CCCCCC)c(Br)s2)c(OCCCCCCCCCC)cc1-c1cc(CCCCCC)c(Br)s1. The highest BCUT2D eigenvalue weighted by atomic mass is 79.9. The van der Waals surface area contributed by atoms with Crippen molar-refractivity contribution in [3.05, 3.63) is 43.0 Å². The molecule has 294 valence electrons. The molecule has 3 rings (SSSR count). The van der Waals surface area contributed by atoms with Gasteiger partial charge in [0.1, 0.15) is 11.5 Å². The fourth-order valence-corrected chi connectivity index (χ4v) is 10.5. The fraction of sp³-hybridized carbons (Fsp3) is 0.696. The molecule has 0 aliphatic carbocycles. The van der Waals surface area contributed by atoms with Crippen molar-refractivity contribution in [2.75, 3.05) is 13.2 Å². The summed E-state index contributed by atoms with van der Waals surface area (Å²) in [5.74, 6) is 2.00. The molecule has 1 aromatic carbocycles. The molecule has 2 aromatic heterocycles. The summed E-state index contributed by atoms with van der Waals surface area (Å²) < 4.78 is 16.1. The van der Waals surface area contributed by atoms with Crippen molar-refractivity contribution in [3.8, 4) is 32.4 Å². The Bertz CT molecular complexity index is 1240. The van der Waals surface area contributed by atoms with E-state index in [0.29, 0.717) is 0 Å². The van der Waals surface area contributed by atoms with Crippen LogP contribution in [0.1, 0.15) is 193 Å². The molecular weight excluding hydrogens is 808 g/mol. The van der Waals surface area contributed by atoms with Gasteiger partial charge in [0.15, 0.2) is 0 Å². The first kappa shape index (κ1) is 45.6. The molecule has 0 amide bonds. The van der Waals surface area contributed by atoms with Crippen LogP contribution in [0.15, 0.2) is 31.8 Å². The largest absolute Gasteiger partial charge is 0.493 e. The monoisotopic (exact) mass is 878 g/mol. The molecule has 2 nitrogen and oxygen atoms in total. The summed E-state index contributed by atoms with van der Waals surface area (Å²) >= 11 is 11.6. The van der Waals surface area contributed by atoms with E-state index in [2.05, 4.69) is 83.8 Å². The minimum Gasteiger partial charge on any atom is -0.493 e. The third-order valence-electron chi connectivity index (χ3n) is 10.2. The number of hydrogen-bond donors (Lipinski definition) is 0. The van der Waals surface area contributed by atoms with Gasteiger partial charge >= 0.3 is 0 Å². The van der Waals surface area contributed by atoms with E-state index in [9.17, 15) is 0 Å². The maximum absolute atomic E-state index is 6.77. The molecule has 6 heteroatoms. The van der Waals surface area contributed by atoms with Crippen LogP contribution in [-0.4, -0.2) is 13.2 Å². The summed E-state index contributed by atoms with van der Waals surface area (Å²) in [7, 11) is 0. The second-order valence-corrected chi connectivity index (χ2v) is 19.7. The molecule has 0 N–H and O–H groups in total. The van der Waals surface area contributed by atoms with Gasteiger partial charge in [0, 0.05) is 20.9 Å². The number of thiophene rings is 2.